The van der Waals surface area contributed by atoms with Crippen LogP contribution in [0.2, 0.25) is 0 Å². The Morgan fingerprint density at radius 2 is 1.60 bits per heavy atom. The number of hydrogen-bond acceptors (Lipinski definition) is 0. The highest BCUT2D eigenvalue weighted by Crippen LogP contribution is 2.41. The summed E-state index contributed by atoms with van der Waals surface area (Å²) in [7, 11) is 2.17. The van der Waals surface area contributed by atoms with Crippen molar-refractivity contribution in [2.45, 2.75) is 19.3 Å². The summed E-state index contributed by atoms with van der Waals surface area (Å²) in [5.41, 5.74) is 8.24. The first-order chi connectivity index (χ1) is 12.3. The van der Waals surface area contributed by atoms with Gasteiger partial charge in [0.05, 0.1) is 0 Å². The lowest BCUT2D eigenvalue weighted by Gasteiger charge is -2.19. The van der Waals surface area contributed by atoms with E-state index in [0.717, 1.165) is 6.42 Å². The lowest BCUT2D eigenvalue weighted by Crippen LogP contribution is -2.02. The normalized spacial score (nSPS) is 16.0. The van der Waals surface area contributed by atoms with Crippen molar-refractivity contribution in [3.63, 3.8) is 0 Å². The molecule has 0 aliphatic heterocycles. The van der Waals surface area contributed by atoms with E-state index in [1.807, 2.05) is 0 Å². The third-order valence-electron chi connectivity index (χ3n) is 5.74. The Bertz CT molecular complexity index is 1140. The molecule has 0 amide bonds. The zero-order valence-corrected chi connectivity index (χ0v) is 14.7. The molecule has 1 unspecified atom stereocenters. The molecular formula is C24H21N. The number of hydrogen-bond donors (Lipinski definition) is 0. The summed E-state index contributed by atoms with van der Waals surface area (Å²) in [6.07, 6.45) is 5.74. The van der Waals surface area contributed by atoms with E-state index in [2.05, 4.69) is 91.4 Å². The Balaban J connectivity index is 1.93. The van der Waals surface area contributed by atoms with E-state index in [-0.39, 0.29) is 0 Å². The average molecular weight is 323 g/mol. The minimum absolute atomic E-state index is 0.449. The molecule has 1 nitrogen and oxygen atoms in total. The van der Waals surface area contributed by atoms with Gasteiger partial charge >= 0.3 is 0 Å². The lowest BCUT2D eigenvalue weighted by atomic mass is 9.85. The molecule has 1 heteroatoms. The number of rotatable bonds is 1. The molecule has 5 rings (SSSR count). The van der Waals surface area contributed by atoms with Crippen molar-refractivity contribution in [2.24, 2.45) is 7.05 Å². The second-order valence-electron chi connectivity index (χ2n) is 6.96. The second-order valence-corrected chi connectivity index (χ2v) is 6.96. The third kappa shape index (κ3) is 1.96. The van der Waals surface area contributed by atoms with Crippen LogP contribution >= 0.6 is 0 Å². The van der Waals surface area contributed by atoms with Crippen LogP contribution in [-0.4, -0.2) is 4.57 Å². The Labute approximate surface area is 148 Å². The van der Waals surface area contributed by atoms with Gasteiger partial charge in [-0.15, -0.1) is 0 Å². The first-order valence-electron chi connectivity index (χ1n) is 9.06. The van der Waals surface area contributed by atoms with Gasteiger partial charge in [0.15, 0.2) is 0 Å². The number of fused-ring (bicyclic) bond motifs is 6. The number of aromatic nitrogens is 1. The third-order valence-corrected chi connectivity index (χ3v) is 5.74. The van der Waals surface area contributed by atoms with E-state index in [9.17, 15) is 0 Å². The van der Waals surface area contributed by atoms with Crippen LogP contribution in [0.5, 0.6) is 0 Å². The van der Waals surface area contributed by atoms with Crippen LogP contribution in [-0.2, 0) is 7.05 Å². The van der Waals surface area contributed by atoms with Crippen LogP contribution in [0.25, 0.3) is 34.0 Å². The Morgan fingerprint density at radius 3 is 2.48 bits per heavy atom. The van der Waals surface area contributed by atoms with Gasteiger partial charge in [-0.3, -0.25) is 0 Å². The van der Waals surface area contributed by atoms with Crippen molar-refractivity contribution in [1.82, 2.24) is 4.57 Å². The van der Waals surface area contributed by atoms with Gasteiger partial charge in [0.25, 0.3) is 0 Å². The molecule has 1 atom stereocenters. The molecule has 1 aliphatic rings. The topological polar surface area (TPSA) is 4.93 Å². The van der Waals surface area contributed by atoms with Crippen molar-refractivity contribution in [1.29, 1.82) is 0 Å². The summed E-state index contributed by atoms with van der Waals surface area (Å²) in [4.78, 5) is 0. The van der Waals surface area contributed by atoms with Gasteiger partial charge in [-0.25, -0.2) is 0 Å². The van der Waals surface area contributed by atoms with Gasteiger partial charge in [0, 0.05) is 34.8 Å². The predicted molar refractivity (Wildman–Crippen MR) is 108 cm³/mol. The van der Waals surface area contributed by atoms with Crippen LogP contribution in [0.4, 0.5) is 0 Å². The molecule has 3 aromatic carbocycles. The zero-order chi connectivity index (χ0) is 17.0. The molecular weight excluding hydrogens is 302 g/mol. The number of aryl methyl sites for hydroxylation is 1. The van der Waals surface area contributed by atoms with Gasteiger partial charge < -0.3 is 4.57 Å². The summed E-state index contributed by atoms with van der Waals surface area (Å²) in [6.45, 7) is 2.30. The van der Waals surface area contributed by atoms with Crippen LogP contribution in [0.15, 0.2) is 60.7 Å². The average Bonchev–Trinajstić information content (AvgIpc) is 2.85. The van der Waals surface area contributed by atoms with Gasteiger partial charge in [-0.2, -0.15) is 0 Å². The van der Waals surface area contributed by atoms with E-state index in [4.69, 9.17) is 0 Å². The van der Waals surface area contributed by atoms with Crippen LogP contribution in [0, 0.1) is 0 Å². The number of benzene rings is 3. The summed E-state index contributed by atoms with van der Waals surface area (Å²) in [5, 5.41) is 2.74. The molecule has 0 fully saturated rings. The first kappa shape index (κ1) is 14.5. The fraction of sp³-hybridized carbons (Fsp3) is 0.167. The van der Waals surface area contributed by atoms with E-state index >= 15 is 0 Å². The number of nitrogens with zero attached hydrogens (tertiary/aromatic N) is 1. The van der Waals surface area contributed by atoms with Crippen molar-refractivity contribution in [2.75, 3.05) is 0 Å². The molecule has 0 saturated carbocycles. The maximum absolute atomic E-state index is 2.34. The Hall–Kier alpha value is -2.80. The monoisotopic (exact) mass is 323 g/mol. The van der Waals surface area contributed by atoms with Crippen LogP contribution in [0.1, 0.15) is 41.5 Å². The number of para-hydroxylation sites is 1. The van der Waals surface area contributed by atoms with Crippen LogP contribution in [0.3, 0.4) is 0 Å². The second kappa shape index (κ2) is 5.35. The molecule has 0 N–H and O–H groups in total. The molecule has 4 aromatic rings. The molecule has 0 radical (unpaired) electrons. The van der Waals surface area contributed by atoms with Crippen LogP contribution < -0.4 is 0 Å². The van der Waals surface area contributed by atoms with Crippen molar-refractivity contribution < 1.29 is 0 Å². The molecule has 0 bridgehead atoms. The predicted octanol–water partition coefficient (Wildman–Crippen LogP) is 6.36. The SMILES string of the molecule is CCC1c2ccccc2C=Cc2c1ccc1c2c2ccccc2n1C. The highest BCUT2D eigenvalue weighted by molar-refractivity contribution is 6.13. The van der Waals surface area contributed by atoms with Gasteiger partial charge in [0.2, 0.25) is 0 Å². The largest absolute Gasteiger partial charge is 0.344 e. The standard InChI is InChI=1S/C24H21N/c1-3-17-18-9-5-4-8-16(18)12-13-20-19(17)14-15-23-24(20)21-10-6-7-11-22(21)25(23)2/h4-15,17H,3H2,1-2H3. The molecule has 0 saturated heterocycles. The molecule has 1 aliphatic carbocycles. The summed E-state index contributed by atoms with van der Waals surface area (Å²) in [6, 6.07) is 22.2. The maximum atomic E-state index is 2.34. The zero-order valence-electron chi connectivity index (χ0n) is 14.7. The highest BCUT2D eigenvalue weighted by atomic mass is 14.9. The van der Waals surface area contributed by atoms with Crippen molar-refractivity contribution >= 4 is 34.0 Å². The Kier molecular flexibility index (Phi) is 3.11. The summed E-state index contributed by atoms with van der Waals surface area (Å²) < 4.78 is 2.32. The van der Waals surface area contributed by atoms with Crippen molar-refractivity contribution in [3.8, 4) is 0 Å². The fourth-order valence-electron chi connectivity index (χ4n) is 4.54. The first-order valence-corrected chi connectivity index (χ1v) is 9.06. The smallest absolute Gasteiger partial charge is 0.0495 e. The summed E-state index contributed by atoms with van der Waals surface area (Å²) in [5.74, 6) is 0.449. The highest BCUT2D eigenvalue weighted by Gasteiger charge is 2.22. The van der Waals surface area contributed by atoms with Gasteiger partial charge in [-0.1, -0.05) is 67.6 Å². The summed E-state index contributed by atoms with van der Waals surface area (Å²) >= 11 is 0. The minimum Gasteiger partial charge on any atom is -0.344 e. The fourth-order valence-corrected chi connectivity index (χ4v) is 4.54. The Morgan fingerprint density at radius 1 is 0.800 bits per heavy atom. The molecule has 0 spiro atoms. The molecule has 122 valence electrons. The molecule has 25 heavy (non-hydrogen) atoms. The van der Waals surface area contributed by atoms with E-state index < -0.39 is 0 Å². The van der Waals surface area contributed by atoms with Crippen molar-refractivity contribution in [3.05, 3.63) is 82.9 Å². The van der Waals surface area contributed by atoms with Gasteiger partial charge in [-0.05, 0) is 40.8 Å². The minimum atomic E-state index is 0.449. The van der Waals surface area contributed by atoms with E-state index in [1.165, 1.54) is 44.1 Å². The lowest BCUT2D eigenvalue weighted by molar-refractivity contribution is 0.777. The molecule has 1 aromatic heterocycles. The molecule has 1 heterocycles. The quantitative estimate of drug-likeness (QED) is 0.384. The van der Waals surface area contributed by atoms with Gasteiger partial charge in [0.1, 0.15) is 0 Å². The van der Waals surface area contributed by atoms with E-state index in [0.29, 0.717) is 5.92 Å². The maximum Gasteiger partial charge on any atom is 0.0495 e. The van der Waals surface area contributed by atoms with E-state index in [1.54, 1.807) is 0 Å².